The lowest BCUT2D eigenvalue weighted by Gasteiger charge is -2.15. The Kier molecular flexibility index (Phi) is 4.82. The summed E-state index contributed by atoms with van der Waals surface area (Å²) in [7, 11) is 4.46. The van der Waals surface area contributed by atoms with Gasteiger partial charge in [0.1, 0.15) is 15.1 Å². The van der Waals surface area contributed by atoms with E-state index in [-0.39, 0.29) is 18.4 Å². The summed E-state index contributed by atoms with van der Waals surface area (Å²) in [5.41, 5.74) is 7.35. The zero-order valence-corrected chi connectivity index (χ0v) is 15.9. The maximum atomic E-state index is 6.43. The Labute approximate surface area is 156 Å². The summed E-state index contributed by atoms with van der Waals surface area (Å²) in [6.07, 6.45) is 1.60. The van der Waals surface area contributed by atoms with Gasteiger partial charge >= 0.3 is 0 Å². The molecule has 0 unspecified atom stereocenters. The fraction of sp³-hybridized carbons (Fsp3) is 0.286. The second kappa shape index (κ2) is 6.89. The van der Waals surface area contributed by atoms with E-state index in [1.165, 1.54) is 21.3 Å². The highest BCUT2D eigenvalue weighted by Gasteiger charge is 2.22. The molecule has 0 saturated carbocycles. The fourth-order valence-corrected chi connectivity index (χ4v) is 3.08. The average Bonchev–Trinajstić information content (AvgIpc) is 2.99. The Hall–Kier alpha value is -2.33. The first kappa shape index (κ1) is 17.5. The lowest BCUT2D eigenvalue weighted by molar-refractivity contribution is 0.314. The summed E-state index contributed by atoms with van der Waals surface area (Å²) in [5.74, 6) is 1.05. The number of pyridine rings is 1. The first-order valence-electron chi connectivity index (χ1n) is 6.98. The molecule has 3 rings (SSSR count). The van der Waals surface area contributed by atoms with E-state index in [0.29, 0.717) is 38.0 Å². The van der Waals surface area contributed by atoms with Gasteiger partial charge < -0.3 is 24.5 Å². The number of aromatic nitrogens is 5. The number of halogens is 2. The van der Waals surface area contributed by atoms with Crippen LogP contribution in [0.4, 0.5) is 5.95 Å². The maximum Gasteiger partial charge on any atom is 0.261 e. The number of anilines is 1. The van der Waals surface area contributed by atoms with E-state index >= 15 is 0 Å². The molecule has 3 heterocycles. The second-order valence-electron chi connectivity index (χ2n) is 4.87. The number of ether oxygens (including phenoxy) is 3. The van der Waals surface area contributed by atoms with Crippen LogP contribution < -0.4 is 19.9 Å². The third-order valence-electron chi connectivity index (χ3n) is 3.45. The molecular weight excluding hydrogens is 416 g/mol. The van der Waals surface area contributed by atoms with E-state index in [1.54, 1.807) is 10.9 Å². The number of hydrogen-bond acceptors (Lipinski definition) is 8. The van der Waals surface area contributed by atoms with Crippen LogP contribution in [0.5, 0.6) is 17.4 Å². The fourth-order valence-electron chi connectivity index (χ4n) is 2.36. The molecule has 132 valence electrons. The van der Waals surface area contributed by atoms with Crippen molar-refractivity contribution in [1.29, 1.82) is 0 Å². The molecule has 9 nitrogen and oxygen atoms in total. The highest BCUT2D eigenvalue weighted by Crippen LogP contribution is 2.42. The summed E-state index contributed by atoms with van der Waals surface area (Å²) < 4.78 is 18.1. The van der Waals surface area contributed by atoms with Gasteiger partial charge in [0.15, 0.2) is 11.4 Å². The number of nitrogen functional groups attached to an aromatic ring is 1. The molecule has 0 fully saturated rings. The van der Waals surface area contributed by atoms with Crippen LogP contribution >= 0.6 is 27.5 Å². The molecule has 11 heteroatoms. The minimum atomic E-state index is 0.130. The highest BCUT2D eigenvalue weighted by molar-refractivity contribution is 9.10. The summed E-state index contributed by atoms with van der Waals surface area (Å²) in [5, 5.41) is 0.308. The number of rotatable bonds is 5. The molecule has 0 bridgehead atoms. The number of methoxy groups -OCH3 is 3. The van der Waals surface area contributed by atoms with Crippen LogP contribution in [0.1, 0.15) is 5.69 Å². The largest absolute Gasteiger partial charge is 0.491 e. The summed E-state index contributed by atoms with van der Waals surface area (Å²) >= 11 is 9.75. The molecule has 0 amide bonds. The maximum absolute atomic E-state index is 6.43. The van der Waals surface area contributed by atoms with Gasteiger partial charge in [0.05, 0.1) is 39.9 Å². The Morgan fingerprint density at radius 2 is 1.84 bits per heavy atom. The molecule has 0 saturated heterocycles. The summed E-state index contributed by atoms with van der Waals surface area (Å²) in [4.78, 5) is 16.9. The lowest BCUT2D eigenvalue weighted by atomic mass is 10.3. The minimum absolute atomic E-state index is 0.130. The molecule has 0 atom stereocenters. The average molecular weight is 430 g/mol. The van der Waals surface area contributed by atoms with Gasteiger partial charge in [-0.3, -0.25) is 0 Å². The van der Waals surface area contributed by atoms with Gasteiger partial charge in [-0.1, -0.05) is 11.6 Å². The van der Waals surface area contributed by atoms with Crippen molar-refractivity contribution in [3.8, 4) is 17.4 Å². The predicted molar refractivity (Wildman–Crippen MR) is 95.4 cm³/mol. The van der Waals surface area contributed by atoms with Crippen molar-refractivity contribution >= 4 is 44.6 Å². The molecule has 0 spiro atoms. The summed E-state index contributed by atoms with van der Waals surface area (Å²) in [6.45, 7) is 0.273. The number of nitrogens with two attached hydrogens (primary N) is 1. The third kappa shape index (κ3) is 3.02. The van der Waals surface area contributed by atoms with Gasteiger partial charge in [0.25, 0.3) is 5.88 Å². The molecule has 0 aromatic carbocycles. The van der Waals surface area contributed by atoms with Crippen molar-refractivity contribution in [1.82, 2.24) is 24.5 Å². The van der Waals surface area contributed by atoms with Gasteiger partial charge in [0.2, 0.25) is 11.7 Å². The Morgan fingerprint density at radius 3 is 2.48 bits per heavy atom. The van der Waals surface area contributed by atoms with Gasteiger partial charge in [-0.15, -0.1) is 0 Å². The number of fused-ring (bicyclic) bond motifs is 1. The normalized spacial score (nSPS) is 10.9. The van der Waals surface area contributed by atoms with Crippen molar-refractivity contribution < 1.29 is 14.2 Å². The first-order valence-corrected chi connectivity index (χ1v) is 8.15. The summed E-state index contributed by atoms with van der Waals surface area (Å²) in [6, 6.07) is 0. The van der Waals surface area contributed by atoms with Gasteiger partial charge in [-0.2, -0.15) is 4.98 Å². The van der Waals surface area contributed by atoms with E-state index < -0.39 is 0 Å². The Morgan fingerprint density at radius 1 is 1.12 bits per heavy atom. The molecule has 0 radical (unpaired) electrons. The molecule has 3 aromatic rings. The van der Waals surface area contributed by atoms with Crippen LogP contribution in [0.2, 0.25) is 5.02 Å². The van der Waals surface area contributed by atoms with E-state index in [2.05, 4.69) is 35.9 Å². The standard InChI is InChI=1S/C14H14BrClN6O3/c1-23-9-7(16)6(19-13(25-3)10(9)24-2)4-22-5-18-8-11(15)20-14(17)21-12(8)22/h5H,4H2,1-3H3,(H2,17,20,21). The topological polar surface area (TPSA) is 110 Å². The molecule has 0 aliphatic rings. The van der Waals surface area contributed by atoms with Crippen LogP contribution in [0, 0.1) is 0 Å². The Balaban J connectivity index is 2.12. The highest BCUT2D eigenvalue weighted by atomic mass is 79.9. The van der Waals surface area contributed by atoms with Crippen molar-refractivity contribution in [3.63, 3.8) is 0 Å². The van der Waals surface area contributed by atoms with Crippen LogP contribution in [-0.2, 0) is 6.54 Å². The van der Waals surface area contributed by atoms with Crippen molar-refractivity contribution in [2.24, 2.45) is 0 Å². The number of nitrogens with zero attached hydrogens (tertiary/aromatic N) is 5. The van der Waals surface area contributed by atoms with Crippen LogP contribution in [0.25, 0.3) is 11.2 Å². The van der Waals surface area contributed by atoms with E-state index in [1.807, 2.05) is 0 Å². The predicted octanol–water partition coefficient (Wildman–Crippen LogP) is 2.29. The number of imidazole rings is 1. The zero-order chi connectivity index (χ0) is 18.1. The van der Waals surface area contributed by atoms with E-state index in [0.717, 1.165) is 0 Å². The van der Waals surface area contributed by atoms with Crippen molar-refractivity contribution in [2.75, 3.05) is 27.1 Å². The SMILES string of the molecule is COc1nc(Cn2cnc3c(Br)nc(N)nc32)c(Cl)c(OC)c1OC. The molecule has 0 aliphatic carbocycles. The van der Waals surface area contributed by atoms with Crippen molar-refractivity contribution in [3.05, 3.63) is 21.6 Å². The minimum Gasteiger partial charge on any atom is -0.491 e. The molecule has 3 aromatic heterocycles. The van der Waals surface area contributed by atoms with Gasteiger partial charge in [0, 0.05) is 0 Å². The Bertz CT molecular complexity index is 948. The third-order valence-corrected chi connectivity index (χ3v) is 4.39. The molecule has 2 N–H and O–H groups in total. The first-order chi connectivity index (χ1) is 12.0. The molecule has 25 heavy (non-hydrogen) atoms. The second-order valence-corrected chi connectivity index (χ2v) is 5.99. The smallest absolute Gasteiger partial charge is 0.261 e. The molecule has 0 aliphatic heterocycles. The number of hydrogen-bond donors (Lipinski definition) is 1. The van der Waals surface area contributed by atoms with Crippen LogP contribution in [0.3, 0.4) is 0 Å². The zero-order valence-electron chi connectivity index (χ0n) is 13.6. The van der Waals surface area contributed by atoms with E-state index in [4.69, 9.17) is 31.5 Å². The monoisotopic (exact) mass is 428 g/mol. The lowest BCUT2D eigenvalue weighted by Crippen LogP contribution is -2.07. The van der Waals surface area contributed by atoms with Crippen LogP contribution in [0.15, 0.2) is 10.9 Å². The van der Waals surface area contributed by atoms with Gasteiger partial charge in [-0.25, -0.2) is 15.0 Å². The van der Waals surface area contributed by atoms with Crippen LogP contribution in [-0.4, -0.2) is 45.8 Å². The quantitative estimate of drug-likeness (QED) is 0.615. The molecular formula is C14H14BrClN6O3. The van der Waals surface area contributed by atoms with E-state index in [9.17, 15) is 0 Å². The van der Waals surface area contributed by atoms with Gasteiger partial charge in [-0.05, 0) is 15.9 Å². The van der Waals surface area contributed by atoms with Crippen molar-refractivity contribution in [2.45, 2.75) is 6.54 Å².